The molecule has 0 aliphatic heterocycles. The van der Waals surface area contributed by atoms with E-state index in [1.807, 2.05) is 26.0 Å². The molecule has 1 aromatic carbocycles. The average molecular weight is 300 g/mol. The van der Waals surface area contributed by atoms with Gasteiger partial charge in [0.15, 0.2) is 6.23 Å². The van der Waals surface area contributed by atoms with Gasteiger partial charge in [-0.2, -0.15) is 0 Å². The molecule has 0 saturated heterocycles. The van der Waals surface area contributed by atoms with Crippen LogP contribution in [0.2, 0.25) is 0 Å². The quantitative estimate of drug-likeness (QED) is 0.759. The van der Waals surface area contributed by atoms with Crippen molar-refractivity contribution in [2.24, 2.45) is 5.92 Å². The Balaban J connectivity index is 1.98. The standard InChI is InChI=1S/C18H24N2O2/c1-13(2)11-16-5-7-17(8-6-16)14(3)18(21)22-15(4)20-10-9-19-12-20/h5-10,12-15H,11H2,1-4H3. The summed E-state index contributed by atoms with van der Waals surface area (Å²) in [5, 5.41) is 0. The molecule has 0 N–H and O–H groups in total. The van der Waals surface area contributed by atoms with Crippen LogP contribution in [0, 0.1) is 5.92 Å². The fraction of sp³-hybridized carbons (Fsp3) is 0.444. The molecule has 0 fully saturated rings. The fourth-order valence-corrected chi connectivity index (χ4v) is 2.37. The zero-order valence-electron chi connectivity index (χ0n) is 13.7. The van der Waals surface area contributed by atoms with E-state index < -0.39 is 0 Å². The number of esters is 1. The van der Waals surface area contributed by atoms with Gasteiger partial charge in [0.2, 0.25) is 0 Å². The molecule has 2 unspecified atom stereocenters. The summed E-state index contributed by atoms with van der Waals surface area (Å²) in [5.74, 6) is 0.126. The smallest absolute Gasteiger partial charge is 0.315 e. The van der Waals surface area contributed by atoms with Gasteiger partial charge >= 0.3 is 5.97 Å². The number of aromatic nitrogens is 2. The van der Waals surface area contributed by atoms with E-state index in [4.69, 9.17) is 4.74 Å². The van der Waals surface area contributed by atoms with Gasteiger partial charge in [0.25, 0.3) is 0 Å². The van der Waals surface area contributed by atoms with Crippen LogP contribution >= 0.6 is 0 Å². The topological polar surface area (TPSA) is 44.1 Å². The lowest BCUT2D eigenvalue weighted by molar-refractivity contribution is -0.154. The lowest BCUT2D eigenvalue weighted by atomic mass is 9.97. The van der Waals surface area contributed by atoms with Crippen molar-refractivity contribution in [2.45, 2.75) is 46.3 Å². The van der Waals surface area contributed by atoms with Gasteiger partial charge < -0.3 is 9.30 Å². The predicted octanol–water partition coefficient (Wildman–Crippen LogP) is 3.95. The third kappa shape index (κ3) is 4.20. The molecule has 0 saturated carbocycles. The first-order valence-electron chi connectivity index (χ1n) is 7.74. The number of hydrogen-bond donors (Lipinski definition) is 0. The molecule has 0 spiro atoms. The highest BCUT2D eigenvalue weighted by Gasteiger charge is 2.19. The van der Waals surface area contributed by atoms with Gasteiger partial charge in [0.1, 0.15) is 0 Å². The first-order valence-corrected chi connectivity index (χ1v) is 7.74. The molecule has 0 bridgehead atoms. The Labute approximate surface area is 132 Å². The highest BCUT2D eigenvalue weighted by Crippen LogP contribution is 2.21. The van der Waals surface area contributed by atoms with Gasteiger partial charge in [-0.1, -0.05) is 38.1 Å². The van der Waals surface area contributed by atoms with Gasteiger partial charge in [0.05, 0.1) is 12.2 Å². The van der Waals surface area contributed by atoms with Crippen molar-refractivity contribution in [1.29, 1.82) is 0 Å². The summed E-state index contributed by atoms with van der Waals surface area (Å²) in [7, 11) is 0. The minimum Gasteiger partial charge on any atom is -0.441 e. The SMILES string of the molecule is CC(C)Cc1ccc(C(C)C(=O)OC(C)n2ccnc2)cc1. The molecule has 0 aliphatic carbocycles. The Morgan fingerprint density at radius 1 is 1.18 bits per heavy atom. The largest absolute Gasteiger partial charge is 0.441 e. The maximum absolute atomic E-state index is 12.3. The molecule has 0 aliphatic rings. The van der Waals surface area contributed by atoms with Crippen molar-refractivity contribution in [3.63, 3.8) is 0 Å². The Bertz CT molecular complexity index is 588. The van der Waals surface area contributed by atoms with Crippen molar-refractivity contribution >= 4 is 5.97 Å². The van der Waals surface area contributed by atoms with E-state index in [0.717, 1.165) is 12.0 Å². The third-order valence-corrected chi connectivity index (χ3v) is 3.71. The van der Waals surface area contributed by atoms with Crippen molar-refractivity contribution in [3.05, 3.63) is 54.1 Å². The molecule has 1 aromatic heterocycles. The third-order valence-electron chi connectivity index (χ3n) is 3.71. The molecule has 118 valence electrons. The fourth-order valence-electron chi connectivity index (χ4n) is 2.37. The van der Waals surface area contributed by atoms with E-state index in [1.54, 1.807) is 23.3 Å². The number of nitrogens with zero attached hydrogens (tertiary/aromatic N) is 2. The van der Waals surface area contributed by atoms with Crippen LogP contribution in [-0.4, -0.2) is 15.5 Å². The molecule has 2 aromatic rings. The van der Waals surface area contributed by atoms with Crippen LogP contribution in [0.15, 0.2) is 43.0 Å². The van der Waals surface area contributed by atoms with E-state index in [0.29, 0.717) is 5.92 Å². The first kappa shape index (κ1) is 16.3. The van der Waals surface area contributed by atoms with Crippen LogP contribution in [0.1, 0.15) is 51.0 Å². The number of rotatable bonds is 6. The monoisotopic (exact) mass is 300 g/mol. The maximum Gasteiger partial charge on any atom is 0.315 e. The first-order chi connectivity index (χ1) is 10.5. The zero-order valence-corrected chi connectivity index (χ0v) is 13.7. The molecular weight excluding hydrogens is 276 g/mol. The minimum absolute atomic E-state index is 0.224. The molecule has 22 heavy (non-hydrogen) atoms. The number of hydrogen-bond acceptors (Lipinski definition) is 3. The highest BCUT2D eigenvalue weighted by molar-refractivity contribution is 5.77. The predicted molar refractivity (Wildman–Crippen MR) is 86.4 cm³/mol. The van der Waals surface area contributed by atoms with E-state index in [-0.39, 0.29) is 18.1 Å². The molecule has 0 amide bonds. The second-order valence-electron chi connectivity index (χ2n) is 6.11. The van der Waals surface area contributed by atoms with Gasteiger partial charge in [-0.25, -0.2) is 4.98 Å². The van der Waals surface area contributed by atoms with Crippen LogP contribution in [-0.2, 0) is 16.0 Å². The minimum atomic E-state index is -0.349. The molecule has 2 rings (SSSR count). The van der Waals surface area contributed by atoms with Crippen LogP contribution in [0.5, 0.6) is 0 Å². The Morgan fingerprint density at radius 2 is 1.86 bits per heavy atom. The normalized spacial score (nSPS) is 13.9. The van der Waals surface area contributed by atoms with E-state index in [1.165, 1.54) is 5.56 Å². The summed E-state index contributed by atoms with van der Waals surface area (Å²) in [6.07, 6.45) is 5.79. The van der Waals surface area contributed by atoms with Gasteiger partial charge in [-0.15, -0.1) is 0 Å². The van der Waals surface area contributed by atoms with Crippen LogP contribution in [0.3, 0.4) is 0 Å². The number of imidazole rings is 1. The number of carbonyl (C=O) groups is 1. The van der Waals surface area contributed by atoms with E-state index in [9.17, 15) is 4.79 Å². The van der Waals surface area contributed by atoms with Crippen LogP contribution in [0.4, 0.5) is 0 Å². The number of ether oxygens (including phenoxy) is 1. The summed E-state index contributed by atoms with van der Waals surface area (Å²) in [5.41, 5.74) is 2.28. The molecule has 4 heteroatoms. The Morgan fingerprint density at radius 3 is 2.41 bits per heavy atom. The van der Waals surface area contributed by atoms with Gasteiger partial charge in [-0.05, 0) is 37.3 Å². The Hall–Kier alpha value is -2.10. The van der Waals surface area contributed by atoms with Crippen molar-refractivity contribution in [2.75, 3.05) is 0 Å². The second kappa shape index (κ2) is 7.25. The Kier molecular flexibility index (Phi) is 5.36. The van der Waals surface area contributed by atoms with Crippen LogP contribution < -0.4 is 0 Å². The highest BCUT2D eigenvalue weighted by atomic mass is 16.6. The summed E-state index contributed by atoms with van der Waals surface area (Å²) in [4.78, 5) is 16.2. The summed E-state index contributed by atoms with van der Waals surface area (Å²) >= 11 is 0. The lowest BCUT2D eigenvalue weighted by Crippen LogP contribution is -2.18. The van der Waals surface area contributed by atoms with Crippen molar-refractivity contribution in [3.8, 4) is 0 Å². The van der Waals surface area contributed by atoms with E-state index >= 15 is 0 Å². The van der Waals surface area contributed by atoms with Crippen molar-refractivity contribution in [1.82, 2.24) is 9.55 Å². The molecular formula is C18H24N2O2. The maximum atomic E-state index is 12.3. The zero-order chi connectivity index (χ0) is 16.1. The van der Waals surface area contributed by atoms with E-state index in [2.05, 4.69) is 31.0 Å². The average Bonchev–Trinajstić information content (AvgIpc) is 3.01. The lowest BCUT2D eigenvalue weighted by Gasteiger charge is -2.18. The summed E-state index contributed by atoms with van der Waals surface area (Å²) < 4.78 is 7.25. The summed E-state index contributed by atoms with van der Waals surface area (Å²) in [6.45, 7) is 8.11. The molecule has 0 radical (unpaired) electrons. The van der Waals surface area contributed by atoms with Gasteiger partial charge in [-0.3, -0.25) is 4.79 Å². The second-order valence-corrected chi connectivity index (χ2v) is 6.11. The summed E-state index contributed by atoms with van der Waals surface area (Å²) in [6, 6.07) is 8.23. The van der Waals surface area contributed by atoms with Gasteiger partial charge in [0, 0.05) is 12.4 Å². The number of carbonyl (C=O) groups excluding carboxylic acids is 1. The molecule has 4 nitrogen and oxygen atoms in total. The van der Waals surface area contributed by atoms with Crippen molar-refractivity contribution < 1.29 is 9.53 Å². The van der Waals surface area contributed by atoms with Crippen LogP contribution in [0.25, 0.3) is 0 Å². The molecule has 2 atom stereocenters. The molecule has 1 heterocycles. The number of benzene rings is 1.